The zero-order chi connectivity index (χ0) is 20.0. The number of ether oxygens (including phenoxy) is 1. The van der Waals surface area contributed by atoms with Gasteiger partial charge in [0.25, 0.3) is 0 Å². The Balaban J connectivity index is 1.69. The number of hydrogen-bond donors (Lipinski definition) is 1. The standard InChI is InChI=1S/C22H25N5O2/c1-14-13-29-11-10-27(14)22-24-20-12-26(15(2)28)9-7-18(20)21(25-22)17-4-3-5-19-16(17)6-8-23-19/h3-6,8,14,23H,7,9-13H2,1-2H3/t14-/m1/s1. The number of carbonyl (C=O) groups excluding carboxylic acids is 1. The minimum absolute atomic E-state index is 0.0878. The highest BCUT2D eigenvalue weighted by molar-refractivity contribution is 5.95. The number of H-pyrrole nitrogens is 1. The second-order valence-electron chi connectivity index (χ2n) is 7.85. The van der Waals surface area contributed by atoms with Crippen LogP contribution in [0.5, 0.6) is 0 Å². The summed E-state index contributed by atoms with van der Waals surface area (Å²) in [7, 11) is 0. The molecule has 7 nitrogen and oxygen atoms in total. The molecule has 2 aromatic heterocycles. The number of hydrogen-bond acceptors (Lipinski definition) is 5. The third-order valence-electron chi connectivity index (χ3n) is 5.97. The Morgan fingerprint density at radius 1 is 1.24 bits per heavy atom. The van der Waals surface area contributed by atoms with Crippen molar-refractivity contribution in [3.8, 4) is 11.3 Å². The molecule has 5 rings (SSSR count). The van der Waals surface area contributed by atoms with E-state index >= 15 is 0 Å². The van der Waals surface area contributed by atoms with Crippen molar-refractivity contribution in [2.75, 3.05) is 31.2 Å². The number of amides is 1. The number of nitrogens with zero attached hydrogens (tertiary/aromatic N) is 4. The van der Waals surface area contributed by atoms with Crippen LogP contribution in [0.25, 0.3) is 22.2 Å². The molecule has 150 valence electrons. The Labute approximate surface area is 169 Å². The first-order valence-electron chi connectivity index (χ1n) is 10.2. The van der Waals surface area contributed by atoms with Gasteiger partial charge in [0.05, 0.1) is 37.2 Å². The third-order valence-corrected chi connectivity index (χ3v) is 5.97. The predicted molar refractivity (Wildman–Crippen MR) is 112 cm³/mol. The van der Waals surface area contributed by atoms with Crippen LogP contribution in [-0.2, 0) is 22.5 Å². The van der Waals surface area contributed by atoms with Crippen LogP contribution in [0.2, 0.25) is 0 Å². The minimum atomic E-state index is 0.0878. The molecule has 2 aliphatic rings. The summed E-state index contributed by atoms with van der Waals surface area (Å²) in [5.41, 5.74) is 5.30. The first-order chi connectivity index (χ1) is 14.1. The Kier molecular flexibility index (Phi) is 4.47. The van der Waals surface area contributed by atoms with Gasteiger partial charge in [0.15, 0.2) is 0 Å². The zero-order valence-electron chi connectivity index (χ0n) is 16.8. The summed E-state index contributed by atoms with van der Waals surface area (Å²) in [6.45, 7) is 7.11. The maximum Gasteiger partial charge on any atom is 0.226 e. The molecule has 1 aromatic carbocycles. The lowest BCUT2D eigenvalue weighted by molar-refractivity contribution is -0.129. The third kappa shape index (κ3) is 3.15. The summed E-state index contributed by atoms with van der Waals surface area (Å²) in [6.07, 6.45) is 2.73. The number of carbonyl (C=O) groups is 1. The first-order valence-corrected chi connectivity index (χ1v) is 10.2. The molecule has 0 radical (unpaired) electrons. The van der Waals surface area contributed by atoms with Crippen LogP contribution in [-0.4, -0.2) is 58.1 Å². The lowest BCUT2D eigenvalue weighted by Crippen LogP contribution is -2.45. The van der Waals surface area contributed by atoms with Crippen molar-refractivity contribution in [2.24, 2.45) is 0 Å². The van der Waals surface area contributed by atoms with Crippen LogP contribution in [0.3, 0.4) is 0 Å². The van der Waals surface area contributed by atoms with Gasteiger partial charge in [-0.05, 0) is 25.5 Å². The number of anilines is 1. The molecule has 0 spiro atoms. The smallest absolute Gasteiger partial charge is 0.226 e. The maximum atomic E-state index is 12.0. The number of rotatable bonds is 2. The van der Waals surface area contributed by atoms with Crippen LogP contribution in [0.15, 0.2) is 30.5 Å². The monoisotopic (exact) mass is 391 g/mol. The first kappa shape index (κ1) is 18.1. The average Bonchev–Trinajstić information content (AvgIpc) is 3.22. The zero-order valence-corrected chi connectivity index (χ0v) is 16.8. The van der Waals surface area contributed by atoms with Gasteiger partial charge < -0.3 is 19.5 Å². The van der Waals surface area contributed by atoms with Crippen molar-refractivity contribution in [3.63, 3.8) is 0 Å². The topological polar surface area (TPSA) is 74.3 Å². The van der Waals surface area contributed by atoms with Crippen molar-refractivity contribution in [3.05, 3.63) is 41.7 Å². The van der Waals surface area contributed by atoms with Gasteiger partial charge in [-0.2, -0.15) is 0 Å². The van der Waals surface area contributed by atoms with E-state index in [9.17, 15) is 4.79 Å². The molecule has 1 fully saturated rings. The molecule has 1 N–H and O–H groups in total. The molecular weight excluding hydrogens is 366 g/mol. The van der Waals surface area contributed by atoms with E-state index in [1.165, 1.54) is 0 Å². The van der Waals surface area contributed by atoms with Gasteiger partial charge in [-0.25, -0.2) is 9.97 Å². The van der Waals surface area contributed by atoms with Crippen molar-refractivity contribution in [1.82, 2.24) is 19.9 Å². The van der Waals surface area contributed by atoms with E-state index in [1.54, 1.807) is 6.92 Å². The van der Waals surface area contributed by atoms with E-state index in [2.05, 4.69) is 41.1 Å². The average molecular weight is 391 g/mol. The number of morpholine rings is 1. The molecule has 0 unspecified atom stereocenters. The lowest BCUT2D eigenvalue weighted by atomic mass is 9.96. The maximum absolute atomic E-state index is 12.0. The number of fused-ring (bicyclic) bond motifs is 2. The van der Waals surface area contributed by atoms with Crippen molar-refractivity contribution < 1.29 is 9.53 Å². The molecule has 1 atom stereocenters. The molecule has 4 heterocycles. The van der Waals surface area contributed by atoms with Gasteiger partial charge in [-0.15, -0.1) is 0 Å². The van der Waals surface area contributed by atoms with Crippen LogP contribution >= 0.6 is 0 Å². The molecule has 0 aliphatic carbocycles. The summed E-state index contributed by atoms with van der Waals surface area (Å²) >= 11 is 0. The molecule has 2 aliphatic heterocycles. The second kappa shape index (κ2) is 7.15. The van der Waals surface area contributed by atoms with E-state index in [-0.39, 0.29) is 11.9 Å². The Morgan fingerprint density at radius 2 is 2.14 bits per heavy atom. The molecule has 0 saturated carbocycles. The summed E-state index contributed by atoms with van der Waals surface area (Å²) < 4.78 is 5.60. The summed E-state index contributed by atoms with van der Waals surface area (Å²) in [5.74, 6) is 0.817. The van der Waals surface area contributed by atoms with E-state index in [0.717, 1.165) is 52.3 Å². The molecule has 1 saturated heterocycles. The number of benzene rings is 1. The minimum Gasteiger partial charge on any atom is -0.377 e. The van der Waals surface area contributed by atoms with E-state index in [1.807, 2.05) is 11.1 Å². The number of aromatic amines is 1. The fourth-order valence-electron chi connectivity index (χ4n) is 4.35. The van der Waals surface area contributed by atoms with Crippen LogP contribution < -0.4 is 4.90 Å². The Bertz CT molecular complexity index is 1080. The predicted octanol–water partition coefficient (Wildman–Crippen LogP) is 2.75. The summed E-state index contributed by atoms with van der Waals surface area (Å²) in [5, 5.41) is 1.16. The van der Waals surface area contributed by atoms with Crippen LogP contribution in [0.1, 0.15) is 25.1 Å². The van der Waals surface area contributed by atoms with Crippen LogP contribution in [0.4, 0.5) is 5.95 Å². The second-order valence-corrected chi connectivity index (χ2v) is 7.85. The van der Waals surface area contributed by atoms with Gasteiger partial charge in [0.2, 0.25) is 11.9 Å². The van der Waals surface area contributed by atoms with Crippen LogP contribution in [0, 0.1) is 0 Å². The Morgan fingerprint density at radius 3 is 2.97 bits per heavy atom. The van der Waals surface area contributed by atoms with Gasteiger partial charge in [0, 0.05) is 48.2 Å². The number of aromatic nitrogens is 3. The Hall–Kier alpha value is -2.93. The quantitative estimate of drug-likeness (QED) is 0.727. The highest BCUT2D eigenvalue weighted by Gasteiger charge is 2.28. The lowest BCUT2D eigenvalue weighted by Gasteiger charge is -2.35. The SMILES string of the molecule is CC(=O)N1CCc2c(nc(N3CCOC[C@H]3C)nc2-c2cccc3[nH]ccc23)C1. The fourth-order valence-corrected chi connectivity index (χ4v) is 4.35. The van der Waals surface area contributed by atoms with E-state index in [0.29, 0.717) is 26.3 Å². The number of nitrogens with one attached hydrogen (secondary N) is 1. The summed E-state index contributed by atoms with van der Waals surface area (Å²) in [6, 6.07) is 8.58. The molecule has 7 heteroatoms. The normalized spacial score (nSPS) is 19.4. The fraction of sp³-hybridized carbons (Fsp3) is 0.409. The summed E-state index contributed by atoms with van der Waals surface area (Å²) in [4.78, 5) is 29.4. The van der Waals surface area contributed by atoms with Gasteiger partial charge in [-0.3, -0.25) is 4.79 Å². The molecule has 0 bridgehead atoms. The van der Waals surface area contributed by atoms with Gasteiger partial charge in [-0.1, -0.05) is 12.1 Å². The molecule has 3 aromatic rings. The van der Waals surface area contributed by atoms with Gasteiger partial charge in [0.1, 0.15) is 0 Å². The van der Waals surface area contributed by atoms with Crippen molar-refractivity contribution in [1.29, 1.82) is 0 Å². The largest absolute Gasteiger partial charge is 0.377 e. The van der Waals surface area contributed by atoms with Gasteiger partial charge >= 0.3 is 0 Å². The molecule has 29 heavy (non-hydrogen) atoms. The van der Waals surface area contributed by atoms with Crippen molar-refractivity contribution >= 4 is 22.8 Å². The van der Waals surface area contributed by atoms with Crippen molar-refractivity contribution in [2.45, 2.75) is 32.9 Å². The highest BCUT2D eigenvalue weighted by atomic mass is 16.5. The van der Waals surface area contributed by atoms with E-state index in [4.69, 9.17) is 14.7 Å². The molecule has 1 amide bonds. The highest BCUT2D eigenvalue weighted by Crippen LogP contribution is 2.34. The molecular formula is C22H25N5O2. The van der Waals surface area contributed by atoms with E-state index < -0.39 is 0 Å².